The van der Waals surface area contributed by atoms with Crippen molar-refractivity contribution in [1.82, 2.24) is 9.78 Å². The van der Waals surface area contributed by atoms with Gasteiger partial charge < -0.3 is 5.73 Å². The molecule has 0 bridgehead atoms. The van der Waals surface area contributed by atoms with Crippen molar-refractivity contribution >= 4 is 21.7 Å². The molecular formula is C12H20BrN3. The Labute approximate surface area is 106 Å². The Morgan fingerprint density at radius 3 is 2.38 bits per heavy atom. The van der Waals surface area contributed by atoms with Crippen molar-refractivity contribution in [3.8, 4) is 0 Å². The molecular weight excluding hydrogens is 266 g/mol. The fourth-order valence-electron chi connectivity index (χ4n) is 2.00. The van der Waals surface area contributed by atoms with E-state index in [4.69, 9.17) is 5.73 Å². The molecule has 0 amide bonds. The van der Waals surface area contributed by atoms with E-state index in [0.717, 1.165) is 21.9 Å². The quantitative estimate of drug-likeness (QED) is 0.904. The van der Waals surface area contributed by atoms with E-state index in [1.807, 2.05) is 4.68 Å². The molecule has 16 heavy (non-hydrogen) atoms. The monoisotopic (exact) mass is 285 g/mol. The normalized spacial score (nSPS) is 18.8. The van der Waals surface area contributed by atoms with E-state index in [9.17, 15) is 0 Å². The standard InChI is InChI=1S/C12H20BrN3/c1-7(8-5-6-8)16-11(14)9(13)10(15-16)12(2,3)4/h7-8H,5-6,14H2,1-4H3. The van der Waals surface area contributed by atoms with Gasteiger partial charge in [0.25, 0.3) is 0 Å². The van der Waals surface area contributed by atoms with Crippen molar-refractivity contribution < 1.29 is 0 Å². The fraction of sp³-hybridized carbons (Fsp3) is 0.750. The second-order valence-corrected chi connectivity index (χ2v) is 6.61. The molecule has 90 valence electrons. The van der Waals surface area contributed by atoms with E-state index in [1.165, 1.54) is 12.8 Å². The number of halogens is 1. The minimum atomic E-state index is 0.0292. The summed E-state index contributed by atoms with van der Waals surface area (Å²) in [5.74, 6) is 1.53. The summed E-state index contributed by atoms with van der Waals surface area (Å²) in [4.78, 5) is 0. The maximum Gasteiger partial charge on any atom is 0.136 e. The molecule has 0 aliphatic heterocycles. The lowest BCUT2D eigenvalue weighted by Crippen LogP contribution is -2.15. The molecule has 3 nitrogen and oxygen atoms in total. The summed E-state index contributed by atoms with van der Waals surface area (Å²) >= 11 is 3.57. The zero-order valence-corrected chi connectivity index (χ0v) is 12.0. The van der Waals surface area contributed by atoms with Crippen molar-refractivity contribution in [3.05, 3.63) is 10.2 Å². The molecule has 0 saturated heterocycles. The largest absolute Gasteiger partial charge is 0.383 e. The molecule has 1 heterocycles. The third-order valence-corrected chi connectivity index (χ3v) is 4.07. The number of nitrogens with two attached hydrogens (primary N) is 1. The first-order chi connectivity index (χ1) is 7.32. The molecule has 1 fully saturated rings. The first-order valence-electron chi connectivity index (χ1n) is 5.86. The van der Waals surface area contributed by atoms with Gasteiger partial charge in [0.2, 0.25) is 0 Å². The van der Waals surface area contributed by atoms with Crippen LogP contribution in [0.5, 0.6) is 0 Å². The third kappa shape index (κ3) is 1.99. The Bertz CT molecular complexity index is 399. The number of hydrogen-bond donors (Lipinski definition) is 1. The molecule has 1 aliphatic carbocycles. The smallest absolute Gasteiger partial charge is 0.136 e. The van der Waals surface area contributed by atoms with Gasteiger partial charge >= 0.3 is 0 Å². The molecule has 1 atom stereocenters. The fourth-order valence-corrected chi connectivity index (χ4v) is 2.85. The number of nitrogens with zero attached hydrogens (tertiary/aromatic N) is 2. The molecule has 0 spiro atoms. The lowest BCUT2D eigenvalue weighted by molar-refractivity contribution is 0.432. The highest BCUT2D eigenvalue weighted by Crippen LogP contribution is 2.42. The second kappa shape index (κ2) is 3.76. The van der Waals surface area contributed by atoms with Crippen LogP contribution in [0.4, 0.5) is 5.82 Å². The minimum absolute atomic E-state index is 0.0292. The van der Waals surface area contributed by atoms with Crippen LogP contribution in [-0.4, -0.2) is 9.78 Å². The number of rotatable bonds is 2. The maximum absolute atomic E-state index is 6.12. The average Bonchev–Trinajstić information content (AvgIpc) is 2.94. The van der Waals surface area contributed by atoms with Crippen molar-refractivity contribution in [2.24, 2.45) is 5.92 Å². The number of nitrogen functional groups attached to an aromatic ring is 1. The van der Waals surface area contributed by atoms with E-state index in [2.05, 4.69) is 48.7 Å². The number of aromatic nitrogens is 2. The van der Waals surface area contributed by atoms with Crippen LogP contribution >= 0.6 is 15.9 Å². The topological polar surface area (TPSA) is 43.8 Å². The number of hydrogen-bond acceptors (Lipinski definition) is 2. The SMILES string of the molecule is CC(C1CC1)n1nc(C(C)(C)C)c(Br)c1N. The van der Waals surface area contributed by atoms with Crippen molar-refractivity contribution in [1.29, 1.82) is 0 Å². The van der Waals surface area contributed by atoms with Crippen LogP contribution in [0, 0.1) is 5.92 Å². The van der Waals surface area contributed by atoms with Gasteiger partial charge in [0, 0.05) is 5.41 Å². The first-order valence-corrected chi connectivity index (χ1v) is 6.65. The Kier molecular flexibility index (Phi) is 2.81. The van der Waals surface area contributed by atoms with Gasteiger partial charge in [-0.2, -0.15) is 5.10 Å². The van der Waals surface area contributed by atoms with E-state index in [0.29, 0.717) is 6.04 Å². The predicted molar refractivity (Wildman–Crippen MR) is 70.5 cm³/mol. The average molecular weight is 286 g/mol. The van der Waals surface area contributed by atoms with E-state index in [1.54, 1.807) is 0 Å². The molecule has 0 aromatic carbocycles. The van der Waals surface area contributed by atoms with Crippen molar-refractivity contribution in [2.45, 2.75) is 52.0 Å². The Morgan fingerprint density at radius 2 is 2.00 bits per heavy atom. The summed E-state index contributed by atoms with van der Waals surface area (Å²) < 4.78 is 2.95. The predicted octanol–water partition coefficient (Wildman–Crippen LogP) is 3.50. The van der Waals surface area contributed by atoms with E-state index < -0.39 is 0 Å². The van der Waals surface area contributed by atoms with Gasteiger partial charge in [-0.15, -0.1) is 0 Å². The number of anilines is 1. The van der Waals surface area contributed by atoms with Crippen molar-refractivity contribution in [2.75, 3.05) is 5.73 Å². The summed E-state index contributed by atoms with van der Waals surface area (Å²) in [6.45, 7) is 8.68. The minimum Gasteiger partial charge on any atom is -0.383 e. The van der Waals surface area contributed by atoms with Crippen LogP contribution < -0.4 is 5.73 Å². The molecule has 2 rings (SSSR count). The van der Waals surface area contributed by atoms with Gasteiger partial charge in [0.1, 0.15) is 5.82 Å². The zero-order chi connectivity index (χ0) is 12.1. The summed E-state index contributed by atoms with van der Waals surface area (Å²) in [7, 11) is 0. The first kappa shape index (κ1) is 12.0. The highest BCUT2D eigenvalue weighted by molar-refractivity contribution is 9.10. The van der Waals surface area contributed by atoms with Crippen molar-refractivity contribution in [3.63, 3.8) is 0 Å². The van der Waals surface area contributed by atoms with E-state index in [-0.39, 0.29) is 5.41 Å². The Hall–Kier alpha value is -0.510. The van der Waals surface area contributed by atoms with Crippen LogP contribution in [0.25, 0.3) is 0 Å². The third-order valence-electron chi connectivity index (χ3n) is 3.29. The van der Waals surface area contributed by atoms with Gasteiger partial charge in [-0.1, -0.05) is 20.8 Å². The zero-order valence-electron chi connectivity index (χ0n) is 10.4. The maximum atomic E-state index is 6.12. The van der Waals surface area contributed by atoms with Crippen LogP contribution in [0.15, 0.2) is 4.47 Å². The molecule has 0 radical (unpaired) electrons. The van der Waals surface area contributed by atoms with Crippen LogP contribution in [-0.2, 0) is 5.41 Å². The molecule has 2 N–H and O–H groups in total. The van der Waals surface area contributed by atoms with Gasteiger partial charge in [-0.25, -0.2) is 4.68 Å². The Morgan fingerprint density at radius 1 is 1.44 bits per heavy atom. The lowest BCUT2D eigenvalue weighted by Gasteiger charge is -2.16. The molecule has 1 unspecified atom stereocenters. The molecule has 1 aromatic rings. The summed E-state index contributed by atoms with van der Waals surface area (Å²) in [6, 6.07) is 0.424. The van der Waals surface area contributed by atoms with Gasteiger partial charge in [0.05, 0.1) is 16.2 Å². The molecule has 1 aromatic heterocycles. The summed E-state index contributed by atoms with van der Waals surface area (Å²) in [5, 5.41) is 4.69. The molecule has 1 aliphatic rings. The highest BCUT2D eigenvalue weighted by atomic mass is 79.9. The lowest BCUT2D eigenvalue weighted by atomic mass is 9.92. The van der Waals surface area contributed by atoms with Crippen LogP contribution in [0.1, 0.15) is 52.3 Å². The highest BCUT2D eigenvalue weighted by Gasteiger charge is 2.33. The van der Waals surface area contributed by atoms with Crippen LogP contribution in [0.2, 0.25) is 0 Å². The van der Waals surface area contributed by atoms with Gasteiger partial charge in [-0.05, 0) is 41.6 Å². The van der Waals surface area contributed by atoms with Gasteiger partial charge in [0.15, 0.2) is 0 Å². The molecule has 4 heteroatoms. The van der Waals surface area contributed by atoms with E-state index >= 15 is 0 Å². The summed E-state index contributed by atoms with van der Waals surface area (Å²) in [5.41, 5.74) is 7.20. The van der Waals surface area contributed by atoms with Gasteiger partial charge in [-0.3, -0.25) is 0 Å². The molecule has 1 saturated carbocycles. The Balaban J connectivity index is 2.40. The van der Waals surface area contributed by atoms with Crippen LogP contribution in [0.3, 0.4) is 0 Å². The summed E-state index contributed by atoms with van der Waals surface area (Å²) in [6.07, 6.45) is 2.62. The second-order valence-electron chi connectivity index (χ2n) is 5.82.